The summed E-state index contributed by atoms with van der Waals surface area (Å²) in [6, 6.07) is 2.63. The highest BCUT2D eigenvalue weighted by Crippen LogP contribution is 2.25. The molecule has 0 spiro atoms. The van der Waals surface area contributed by atoms with Crippen molar-refractivity contribution in [3.8, 4) is 5.88 Å². The predicted molar refractivity (Wildman–Crippen MR) is 112 cm³/mol. The third-order valence-electron chi connectivity index (χ3n) is 4.91. The summed E-state index contributed by atoms with van der Waals surface area (Å²) in [4.78, 5) is 39.6. The first-order chi connectivity index (χ1) is 15.4. The highest BCUT2D eigenvalue weighted by Gasteiger charge is 2.24. The molecule has 0 aliphatic carbocycles. The van der Waals surface area contributed by atoms with E-state index in [9.17, 15) is 14.0 Å². The lowest BCUT2D eigenvalue weighted by Gasteiger charge is -2.33. The summed E-state index contributed by atoms with van der Waals surface area (Å²) in [6.07, 6.45) is 0.363. The lowest BCUT2D eigenvalue weighted by atomic mass is 10.2. The van der Waals surface area contributed by atoms with Crippen molar-refractivity contribution in [1.82, 2.24) is 19.9 Å². The summed E-state index contributed by atoms with van der Waals surface area (Å²) in [5.41, 5.74) is 0.572. The summed E-state index contributed by atoms with van der Waals surface area (Å²) in [6.45, 7) is 5.09. The van der Waals surface area contributed by atoms with Gasteiger partial charge >= 0.3 is 6.09 Å². The Balaban J connectivity index is 1.55. The van der Waals surface area contributed by atoms with Crippen molar-refractivity contribution in [2.45, 2.75) is 13.8 Å². The number of oxazole rings is 1. The summed E-state index contributed by atoms with van der Waals surface area (Å²) in [7, 11) is 0. The molecular weight excluding hydrogens is 423 g/mol. The number of fused-ring (bicyclic) bond motifs is 1. The zero-order valence-electron chi connectivity index (χ0n) is 17.5. The molecular formula is C20H21FN6O5. The summed E-state index contributed by atoms with van der Waals surface area (Å²) in [5.74, 6) is -0.473. The highest BCUT2D eigenvalue weighted by atomic mass is 19.1. The Morgan fingerprint density at radius 2 is 2.00 bits per heavy atom. The maximum atomic E-state index is 14.3. The van der Waals surface area contributed by atoms with Gasteiger partial charge in [-0.25, -0.2) is 19.2 Å². The molecule has 1 saturated heterocycles. The van der Waals surface area contributed by atoms with Crippen LogP contribution in [0.25, 0.3) is 11.1 Å². The van der Waals surface area contributed by atoms with Crippen LogP contribution < -0.4 is 15.0 Å². The Labute approximate surface area is 181 Å². The van der Waals surface area contributed by atoms with E-state index < -0.39 is 17.8 Å². The van der Waals surface area contributed by atoms with E-state index in [0.29, 0.717) is 38.0 Å². The van der Waals surface area contributed by atoms with E-state index in [2.05, 4.69) is 20.3 Å². The molecule has 1 aliphatic rings. The van der Waals surface area contributed by atoms with Gasteiger partial charge in [-0.15, -0.1) is 0 Å². The fourth-order valence-electron chi connectivity index (χ4n) is 3.38. The Morgan fingerprint density at radius 3 is 2.69 bits per heavy atom. The van der Waals surface area contributed by atoms with Gasteiger partial charge in [0.15, 0.2) is 17.3 Å². The zero-order valence-corrected chi connectivity index (χ0v) is 17.5. The monoisotopic (exact) mass is 444 g/mol. The van der Waals surface area contributed by atoms with Gasteiger partial charge in [-0.2, -0.15) is 4.98 Å². The first kappa shape index (κ1) is 21.3. The Hall–Kier alpha value is -3.96. The van der Waals surface area contributed by atoms with E-state index in [1.54, 1.807) is 13.8 Å². The third-order valence-corrected chi connectivity index (χ3v) is 4.91. The van der Waals surface area contributed by atoms with E-state index in [4.69, 9.17) is 14.3 Å². The number of benzene rings is 1. The van der Waals surface area contributed by atoms with Crippen molar-refractivity contribution in [3.63, 3.8) is 0 Å². The van der Waals surface area contributed by atoms with Gasteiger partial charge in [0.05, 0.1) is 6.61 Å². The van der Waals surface area contributed by atoms with Crippen molar-refractivity contribution in [2.24, 2.45) is 0 Å². The average Bonchev–Trinajstić information content (AvgIpc) is 3.14. The smallest absolute Gasteiger partial charge is 0.407 e. The number of nitrogens with zero attached hydrogens (tertiary/aromatic N) is 5. The van der Waals surface area contributed by atoms with Crippen LogP contribution in [-0.4, -0.2) is 69.7 Å². The second kappa shape index (κ2) is 8.65. The van der Waals surface area contributed by atoms with Crippen LogP contribution in [0.4, 0.5) is 20.8 Å². The van der Waals surface area contributed by atoms with Crippen molar-refractivity contribution in [2.75, 3.05) is 43.0 Å². The molecule has 2 amide bonds. The molecule has 4 rings (SSSR count). The summed E-state index contributed by atoms with van der Waals surface area (Å²) in [5, 5.41) is 11.7. The quantitative estimate of drug-likeness (QED) is 0.609. The normalized spacial score (nSPS) is 14.0. The topological polar surface area (TPSA) is 134 Å². The van der Waals surface area contributed by atoms with Gasteiger partial charge < -0.3 is 29.4 Å². The lowest BCUT2D eigenvalue weighted by Crippen LogP contribution is -2.48. The van der Waals surface area contributed by atoms with Crippen LogP contribution in [0, 0.1) is 12.7 Å². The van der Waals surface area contributed by atoms with Crippen molar-refractivity contribution in [1.29, 1.82) is 0 Å². The number of amides is 2. The number of aryl methyl sites for hydroxylation is 1. The molecule has 3 heterocycles. The SMILES string of the molecule is CCOc1nc(N2CCN(C(=O)O)CC2)ncc1C(=O)Nc1cc(F)c2nc(C)oc2c1. The minimum atomic E-state index is -0.970. The number of anilines is 2. The maximum Gasteiger partial charge on any atom is 0.407 e. The van der Waals surface area contributed by atoms with Gasteiger partial charge in [-0.3, -0.25) is 4.79 Å². The van der Waals surface area contributed by atoms with Gasteiger partial charge in [0.1, 0.15) is 11.1 Å². The van der Waals surface area contributed by atoms with Gasteiger partial charge in [-0.1, -0.05) is 0 Å². The molecule has 1 fully saturated rings. The second-order valence-corrected chi connectivity index (χ2v) is 7.07. The number of hydrogen-bond acceptors (Lipinski definition) is 8. The van der Waals surface area contributed by atoms with Gasteiger partial charge in [0.2, 0.25) is 11.8 Å². The standard InChI is InChI=1S/C20H21FN6O5/c1-3-31-18-13(10-22-19(25-18)26-4-6-27(7-5-26)20(29)30)17(28)24-12-8-14(21)16-15(9-12)32-11(2)23-16/h8-10H,3-7H2,1-2H3,(H,24,28)(H,29,30). The average molecular weight is 444 g/mol. The number of piperazine rings is 1. The second-order valence-electron chi connectivity index (χ2n) is 7.07. The summed E-state index contributed by atoms with van der Waals surface area (Å²) >= 11 is 0. The van der Waals surface area contributed by atoms with Crippen LogP contribution in [0.5, 0.6) is 5.88 Å². The number of rotatable bonds is 5. The van der Waals surface area contributed by atoms with Crippen LogP contribution >= 0.6 is 0 Å². The first-order valence-electron chi connectivity index (χ1n) is 9.96. The number of carboxylic acid groups (broad SMARTS) is 1. The minimum absolute atomic E-state index is 0.0766. The van der Waals surface area contributed by atoms with Crippen LogP contribution in [-0.2, 0) is 0 Å². The predicted octanol–water partition coefficient (Wildman–Crippen LogP) is 2.52. The number of nitrogens with one attached hydrogen (secondary N) is 1. The van der Waals surface area contributed by atoms with Crippen LogP contribution in [0.15, 0.2) is 22.7 Å². The molecule has 12 heteroatoms. The molecule has 0 saturated carbocycles. The third kappa shape index (κ3) is 4.24. The Kier molecular flexibility index (Phi) is 5.75. The lowest BCUT2D eigenvalue weighted by molar-refractivity contribution is 0.102. The molecule has 2 aromatic heterocycles. The van der Waals surface area contributed by atoms with E-state index in [1.807, 2.05) is 4.90 Å². The Bertz CT molecular complexity index is 1170. The number of carbonyl (C=O) groups is 2. The van der Waals surface area contributed by atoms with Crippen LogP contribution in [0.1, 0.15) is 23.2 Å². The van der Waals surface area contributed by atoms with E-state index >= 15 is 0 Å². The number of hydrogen-bond donors (Lipinski definition) is 2. The van der Waals surface area contributed by atoms with Gasteiger partial charge in [-0.05, 0) is 13.0 Å². The molecule has 0 radical (unpaired) electrons. The largest absolute Gasteiger partial charge is 0.477 e. The fourth-order valence-corrected chi connectivity index (χ4v) is 3.38. The number of halogens is 1. The van der Waals surface area contributed by atoms with E-state index in [-0.39, 0.29) is 34.8 Å². The molecule has 1 aromatic carbocycles. The molecule has 2 N–H and O–H groups in total. The van der Waals surface area contributed by atoms with Crippen LogP contribution in [0.2, 0.25) is 0 Å². The molecule has 32 heavy (non-hydrogen) atoms. The molecule has 1 aliphatic heterocycles. The van der Waals surface area contributed by atoms with Crippen LogP contribution in [0.3, 0.4) is 0 Å². The molecule has 0 atom stereocenters. The first-order valence-corrected chi connectivity index (χ1v) is 9.96. The zero-order chi connectivity index (χ0) is 22.8. The van der Waals surface area contributed by atoms with E-state index in [0.717, 1.165) is 6.07 Å². The highest BCUT2D eigenvalue weighted by molar-refractivity contribution is 6.06. The number of aromatic nitrogens is 3. The molecule has 11 nitrogen and oxygen atoms in total. The van der Waals surface area contributed by atoms with E-state index in [1.165, 1.54) is 17.2 Å². The molecule has 168 valence electrons. The maximum absolute atomic E-state index is 14.3. The summed E-state index contributed by atoms with van der Waals surface area (Å²) < 4.78 is 25.2. The van der Waals surface area contributed by atoms with Gasteiger partial charge in [0.25, 0.3) is 5.91 Å². The molecule has 0 bridgehead atoms. The van der Waals surface area contributed by atoms with Crippen molar-refractivity contribution < 1.29 is 28.2 Å². The molecule has 0 unspecified atom stereocenters. The fraction of sp³-hybridized carbons (Fsp3) is 0.350. The number of carbonyl (C=O) groups excluding carboxylic acids is 1. The molecule has 3 aromatic rings. The Morgan fingerprint density at radius 1 is 1.25 bits per heavy atom. The van der Waals surface area contributed by atoms with Crippen molar-refractivity contribution in [3.05, 3.63) is 35.6 Å². The minimum Gasteiger partial charge on any atom is -0.477 e. The van der Waals surface area contributed by atoms with Gasteiger partial charge in [0, 0.05) is 51.1 Å². The van der Waals surface area contributed by atoms with Crippen molar-refractivity contribution >= 4 is 34.7 Å². The number of ether oxygens (including phenoxy) is 1.